The second kappa shape index (κ2) is 8.56. The zero-order chi connectivity index (χ0) is 19.5. The van der Waals surface area contributed by atoms with E-state index in [0.717, 1.165) is 49.8 Å². The van der Waals surface area contributed by atoms with E-state index in [4.69, 9.17) is 4.65 Å². The lowest BCUT2D eigenvalue weighted by atomic mass is 9.69. The molecule has 1 aromatic rings. The zero-order valence-electron chi connectivity index (χ0n) is 16.7. The molecule has 1 aliphatic carbocycles. The number of carbonyl (C=O) groups excluding carboxylic acids is 2. The summed E-state index contributed by atoms with van der Waals surface area (Å²) in [5.41, 5.74) is 6.18. The monoisotopic (exact) mass is 383 g/mol. The first-order chi connectivity index (χ1) is 13.6. The molecular formula is C21H30BN3O3. The molecule has 28 heavy (non-hydrogen) atoms. The Morgan fingerprint density at radius 2 is 1.86 bits per heavy atom. The highest BCUT2D eigenvalue weighted by Crippen LogP contribution is 2.36. The van der Waals surface area contributed by atoms with Gasteiger partial charge >= 0.3 is 13.1 Å². The van der Waals surface area contributed by atoms with E-state index in [0.29, 0.717) is 18.3 Å². The van der Waals surface area contributed by atoms with E-state index < -0.39 is 7.05 Å². The fraction of sp³-hybridized carbons (Fsp3) is 0.619. The third kappa shape index (κ3) is 4.51. The molecule has 2 aliphatic heterocycles. The molecule has 4 rings (SSSR count). The van der Waals surface area contributed by atoms with Crippen LogP contribution in [0.1, 0.15) is 56.1 Å². The number of benzene rings is 1. The molecule has 2 unspecified atom stereocenters. The van der Waals surface area contributed by atoms with Gasteiger partial charge in [0.2, 0.25) is 0 Å². The largest absolute Gasteiger partial charge is 0.522 e. The molecule has 2 atom stereocenters. The summed E-state index contributed by atoms with van der Waals surface area (Å²) in [5.74, 6) is 1.15. The molecule has 2 fully saturated rings. The second-order valence-corrected chi connectivity index (χ2v) is 8.57. The average Bonchev–Trinajstić information content (AvgIpc) is 3.22. The van der Waals surface area contributed by atoms with Crippen LogP contribution in [0.3, 0.4) is 0 Å². The number of fused-ring (bicyclic) bond motifs is 2. The Labute approximate surface area is 167 Å². The molecule has 1 aromatic carbocycles. The Hall–Kier alpha value is -2.02. The highest BCUT2D eigenvalue weighted by Gasteiger charge is 2.37. The van der Waals surface area contributed by atoms with E-state index in [1.54, 1.807) is 0 Å². The van der Waals surface area contributed by atoms with Crippen molar-refractivity contribution in [3.8, 4) is 0 Å². The van der Waals surface area contributed by atoms with E-state index >= 15 is 0 Å². The Morgan fingerprint density at radius 3 is 2.64 bits per heavy atom. The van der Waals surface area contributed by atoms with Gasteiger partial charge in [0.1, 0.15) is 0 Å². The topological polar surface area (TPSA) is 70.7 Å². The summed E-state index contributed by atoms with van der Waals surface area (Å²) < 4.78 is 5.67. The molecule has 0 bridgehead atoms. The number of urea groups is 1. The van der Waals surface area contributed by atoms with E-state index in [9.17, 15) is 9.59 Å². The fourth-order valence-corrected chi connectivity index (χ4v) is 4.95. The summed E-state index contributed by atoms with van der Waals surface area (Å²) in [4.78, 5) is 24.9. The first-order valence-corrected chi connectivity index (χ1v) is 10.7. The maximum atomic E-state index is 12.7. The van der Waals surface area contributed by atoms with Crippen LogP contribution in [0, 0.1) is 18.8 Å². The lowest BCUT2D eigenvalue weighted by Crippen LogP contribution is -2.58. The normalized spacial score (nSPS) is 25.6. The van der Waals surface area contributed by atoms with Crippen LogP contribution in [0.15, 0.2) is 18.2 Å². The summed E-state index contributed by atoms with van der Waals surface area (Å²) in [6.07, 6.45) is 8.05. The Bertz CT molecular complexity index is 730. The number of amides is 2. The van der Waals surface area contributed by atoms with E-state index in [2.05, 4.69) is 23.6 Å². The maximum Gasteiger partial charge on any atom is 0.522 e. The van der Waals surface area contributed by atoms with E-state index in [-0.39, 0.29) is 12.0 Å². The summed E-state index contributed by atoms with van der Waals surface area (Å²) in [5, 5.41) is 4.91. The van der Waals surface area contributed by atoms with Gasteiger partial charge in [-0.1, -0.05) is 36.6 Å². The SMILES string of the molecule is Cc1ccc2c(c1)CCCCCC(=O)OB2NC(=O)NN1CC2CCCC2C1. The van der Waals surface area contributed by atoms with Crippen LogP contribution in [-0.4, -0.2) is 37.1 Å². The number of carbonyl (C=O) groups is 2. The highest BCUT2D eigenvalue weighted by atomic mass is 16.5. The zero-order valence-corrected chi connectivity index (χ0v) is 16.7. The van der Waals surface area contributed by atoms with Crippen molar-refractivity contribution >= 4 is 24.5 Å². The predicted molar refractivity (Wildman–Crippen MR) is 109 cm³/mol. The van der Waals surface area contributed by atoms with Gasteiger partial charge in [0, 0.05) is 19.5 Å². The number of hydrazine groups is 1. The van der Waals surface area contributed by atoms with Crippen LogP contribution >= 0.6 is 0 Å². The number of aryl methyl sites for hydroxylation is 2. The molecule has 6 nitrogen and oxygen atoms in total. The molecule has 7 heteroatoms. The number of nitrogens with one attached hydrogen (secondary N) is 2. The van der Waals surface area contributed by atoms with Crippen LogP contribution < -0.4 is 16.1 Å². The summed E-state index contributed by atoms with van der Waals surface area (Å²) in [7, 11) is -0.747. The van der Waals surface area contributed by atoms with E-state index in [1.807, 2.05) is 17.1 Å². The average molecular weight is 383 g/mol. The van der Waals surface area contributed by atoms with Crippen LogP contribution in [-0.2, 0) is 15.9 Å². The van der Waals surface area contributed by atoms with E-state index in [1.165, 1.54) is 24.8 Å². The quantitative estimate of drug-likeness (QED) is 0.769. The van der Waals surface area contributed by atoms with Gasteiger partial charge in [-0.2, -0.15) is 0 Å². The predicted octanol–water partition coefficient (Wildman–Crippen LogP) is 2.30. The maximum absolute atomic E-state index is 12.7. The van der Waals surface area contributed by atoms with Gasteiger partial charge in [0.15, 0.2) is 0 Å². The van der Waals surface area contributed by atoms with Gasteiger partial charge in [-0.15, -0.1) is 0 Å². The van der Waals surface area contributed by atoms with Crippen LogP contribution in [0.4, 0.5) is 4.79 Å². The first-order valence-electron chi connectivity index (χ1n) is 10.7. The smallest absolute Gasteiger partial charge is 0.511 e. The lowest BCUT2D eigenvalue weighted by molar-refractivity contribution is -0.134. The van der Waals surface area contributed by atoms with Gasteiger partial charge in [0.05, 0.1) is 0 Å². The van der Waals surface area contributed by atoms with Crippen molar-refractivity contribution in [2.45, 2.75) is 58.3 Å². The summed E-state index contributed by atoms with van der Waals surface area (Å²) in [6, 6.07) is 5.82. The van der Waals surface area contributed by atoms with Crippen molar-refractivity contribution in [2.75, 3.05) is 13.1 Å². The molecular weight excluding hydrogens is 353 g/mol. The van der Waals surface area contributed by atoms with Crippen LogP contribution in [0.5, 0.6) is 0 Å². The van der Waals surface area contributed by atoms with Crippen molar-refractivity contribution in [1.82, 2.24) is 15.7 Å². The molecule has 1 saturated carbocycles. The Balaban J connectivity index is 1.46. The Kier molecular flexibility index (Phi) is 5.90. The van der Waals surface area contributed by atoms with Crippen molar-refractivity contribution in [1.29, 1.82) is 0 Å². The van der Waals surface area contributed by atoms with Crippen molar-refractivity contribution in [3.63, 3.8) is 0 Å². The minimum absolute atomic E-state index is 0.255. The molecule has 2 heterocycles. The van der Waals surface area contributed by atoms with Gasteiger partial charge in [0.25, 0.3) is 5.97 Å². The van der Waals surface area contributed by atoms with Crippen molar-refractivity contribution in [2.24, 2.45) is 11.8 Å². The minimum atomic E-state index is -0.747. The van der Waals surface area contributed by atoms with Gasteiger partial charge < -0.3 is 9.88 Å². The second-order valence-electron chi connectivity index (χ2n) is 8.57. The standard InChI is InChI=1S/C21H30BN3O3/c1-15-10-11-19-16(12-15)6-3-2-4-9-20(26)28-22(19)23-21(27)24-25-13-17-7-5-8-18(17)14-25/h10-12,17-18H,2-9,13-14H2,1H3,(H2,23,24,27). The Morgan fingerprint density at radius 1 is 1.11 bits per heavy atom. The van der Waals surface area contributed by atoms with Crippen LogP contribution in [0.2, 0.25) is 0 Å². The highest BCUT2D eigenvalue weighted by molar-refractivity contribution is 6.69. The van der Waals surface area contributed by atoms with Crippen molar-refractivity contribution < 1.29 is 14.2 Å². The molecule has 1 saturated heterocycles. The molecule has 0 spiro atoms. The fourth-order valence-electron chi connectivity index (χ4n) is 4.95. The molecule has 0 aromatic heterocycles. The van der Waals surface area contributed by atoms with Gasteiger partial charge in [-0.05, 0) is 61.9 Å². The molecule has 150 valence electrons. The lowest BCUT2D eigenvalue weighted by Gasteiger charge is -2.23. The van der Waals surface area contributed by atoms with Crippen molar-refractivity contribution in [3.05, 3.63) is 29.3 Å². The van der Waals surface area contributed by atoms with Crippen LogP contribution in [0.25, 0.3) is 0 Å². The third-order valence-electron chi connectivity index (χ3n) is 6.41. The molecule has 2 amide bonds. The number of hydrogen-bond donors (Lipinski definition) is 2. The minimum Gasteiger partial charge on any atom is -0.511 e. The summed E-state index contributed by atoms with van der Waals surface area (Å²) >= 11 is 0. The van der Waals surface area contributed by atoms with Gasteiger partial charge in [-0.3, -0.25) is 10.2 Å². The first kappa shape index (κ1) is 19.3. The number of hydrogen-bond acceptors (Lipinski definition) is 4. The molecule has 0 radical (unpaired) electrons. The summed E-state index contributed by atoms with van der Waals surface area (Å²) in [6.45, 7) is 3.89. The number of rotatable bonds is 2. The molecule has 3 aliphatic rings. The van der Waals surface area contributed by atoms with Gasteiger partial charge in [-0.25, -0.2) is 9.80 Å². The molecule has 2 N–H and O–H groups in total. The third-order valence-corrected chi connectivity index (χ3v) is 6.41. The number of nitrogens with zero attached hydrogens (tertiary/aromatic N) is 1.